The van der Waals surface area contributed by atoms with Crippen molar-refractivity contribution < 1.29 is 24.5 Å². The summed E-state index contributed by atoms with van der Waals surface area (Å²) >= 11 is 0. The summed E-state index contributed by atoms with van der Waals surface area (Å²) in [6.45, 7) is 14.4. The average molecular weight is 609 g/mol. The van der Waals surface area contributed by atoms with Gasteiger partial charge in [0.25, 0.3) is 0 Å². The Morgan fingerprint density at radius 3 is 2.41 bits per heavy atom. The molecule has 0 bridgehead atoms. The van der Waals surface area contributed by atoms with Gasteiger partial charge in [-0.2, -0.15) is 0 Å². The SMILES string of the molecule is C/C=C(O)\C=C(/C)c1ccc(CC2CNC(=O)N2c2ccccc2)c(O)c1.CC.CC.CCC(CO)C1=CCCC(F)C=C1. The number of benzene rings is 2. The fourth-order valence-corrected chi connectivity index (χ4v) is 4.81. The molecule has 2 aromatic rings. The molecule has 3 atom stereocenters. The van der Waals surface area contributed by atoms with Crippen LogP contribution >= 0.6 is 0 Å². The van der Waals surface area contributed by atoms with Crippen LogP contribution in [-0.2, 0) is 6.42 Å². The zero-order valence-corrected chi connectivity index (χ0v) is 27.6. The third-order valence-corrected chi connectivity index (χ3v) is 7.27. The summed E-state index contributed by atoms with van der Waals surface area (Å²) in [5, 5.41) is 32.1. The second-order valence-electron chi connectivity index (χ2n) is 10.1. The summed E-state index contributed by atoms with van der Waals surface area (Å²) in [5.41, 5.74) is 4.41. The highest BCUT2D eigenvalue weighted by Crippen LogP contribution is 2.28. The molecule has 1 fully saturated rings. The van der Waals surface area contributed by atoms with Crippen molar-refractivity contribution in [1.29, 1.82) is 0 Å². The Morgan fingerprint density at radius 1 is 1.14 bits per heavy atom. The molecule has 0 saturated carbocycles. The van der Waals surface area contributed by atoms with E-state index < -0.39 is 6.17 Å². The van der Waals surface area contributed by atoms with Gasteiger partial charge in [0.15, 0.2) is 0 Å². The highest BCUT2D eigenvalue weighted by Gasteiger charge is 2.32. The van der Waals surface area contributed by atoms with Gasteiger partial charge in [0, 0.05) is 24.8 Å². The van der Waals surface area contributed by atoms with Crippen LogP contribution in [0.2, 0.25) is 0 Å². The van der Waals surface area contributed by atoms with Crippen molar-refractivity contribution >= 4 is 17.3 Å². The highest BCUT2D eigenvalue weighted by molar-refractivity contribution is 5.95. The minimum Gasteiger partial charge on any atom is -0.508 e. The number of aliphatic hydroxyl groups is 2. The van der Waals surface area contributed by atoms with Gasteiger partial charge in [-0.3, -0.25) is 4.90 Å². The summed E-state index contributed by atoms with van der Waals surface area (Å²) in [6, 6.07) is 14.8. The molecule has 4 rings (SSSR count). The van der Waals surface area contributed by atoms with Crippen molar-refractivity contribution in [1.82, 2.24) is 5.32 Å². The first-order valence-electron chi connectivity index (χ1n) is 15.9. The maximum atomic E-state index is 12.9. The first-order chi connectivity index (χ1) is 21.3. The molecular formula is C37H53FN2O4. The number of anilines is 1. The molecule has 1 saturated heterocycles. The van der Waals surface area contributed by atoms with E-state index in [1.807, 2.05) is 96.2 Å². The van der Waals surface area contributed by atoms with Crippen LogP contribution in [0.25, 0.3) is 5.57 Å². The van der Waals surface area contributed by atoms with Crippen LogP contribution < -0.4 is 10.2 Å². The van der Waals surface area contributed by atoms with Crippen molar-refractivity contribution in [2.24, 2.45) is 5.92 Å². The van der Waals surface area contributed by atoms with Crippen molar-refractivity contribution in [2.45, 2.75) is 86.4 Å². The van der Waals surface area contributed by atoms with Gasteiger partial charge in [-0.15, -0.1) is 0 Å². The summed E-state index contributed by atoms with van der Waals surface area (Å²) < 4.78 is 12.9. The van der Waals surface area contributed by atoms with Gasteiger partial charge in [-0.05, 0) is 92.2 Å². The van der Waals surface area contributed by atoms with Gasteiger partial charge in [0.2, 0.25) is 0 Å². The number of amides is 2. The lowest BCUT2D eigenvalue weighted by molar-refractivity contribution is 0.245. The third kappa shape index (κ3) is 11.7. The maximum Gasteiger partial charge on any atom is 0.322 e. The molecule has 2 aliphatic rings. The zero-order valence-electron chi connectivity index (χ0n) is 27.6. The lowest BCUT2D eigenvalue weighted by Crippen LogP contribution is -2.35. The molecule has 0 radical (unpaired) electrons. The maximum absolute atomic E-state index is 12.9. The Labute approximate surface area is 264 Å². The Kier molecular flexibility index (Phi) is 18.2. The molecule has 2 aromatic carbocycles. The Bertz CT molecular complexity index is 1250. The van der Waals surface area contributed by atoms with Crippen LogP contribution in [0.4, 0.5) is 14.9 Å². The summed E-state index contributed by atoms with van der Waals surface area (Å²) in [7, 11) is 0. The number of carbonyl (C=O) groups excluding carboxylic acids is 1. The van der Waals surface area contributed by atoms with Crippen LogP contribution in [0.5, 0.6) is 5.75 Å². The van der Waals surface area contributed by atoms with E-state index in [1.165, 1.54) is 0 Å². The lowest BCUT2D eigenvalue weighted by Gasteiger charge is -2.23. The topological polar surface area (TPSA) is 93.0 Å². The standard InChI is InChI=1S/C22H24N2O3.C11H17FO.2C2H6/c1-3-20(25)11-15(2)16-9-10-17(21(26)13-16)12-19-14-23-22(27)24(19)18-7-5-4-6-8-18;1-2-9(8-13)10-4-3-5-11(12)7-6-10;2*1-2/h3-11,13,19,25-26H,12,14H2,1-2H3,(H,23,27);4,6-7,9,11,13H,2-3,5,8H2,1H3;2*1-2H3/b15-11+,20-3+;;;. The molecule has 4 N–H and O–H groups in total. The second-order valence-corrected chi connectivity index (χ2v) is 10.1. The van der Waals surface area contributed by atoms with Crippen molar-refractivity contribution in [3.05, 3.63) is 101 Å². The highest BCUT2D eigenvalue weighted by atomic mass is 19.1. The zero-order chi connectivity index (χ0) is 33.1. The van der Waals surface area contributed by atoms with Gasteiger partial charge in [-0.1, -0.05) is 83.2 Å². The Morgan fingerprint density at radius 2 is 1.82 bits per heavy atom. The first-order valence-corrected chi connectivity index (χ1v) is 15.9. The second kappa shape index (κ2) is 21.0. The summed E-state index contributed by atoms with van der Waals surface area (Å²) in [6.07, 6.45) is 10.7. The fraction of sp³-hybridized carbons (Fsp3) is 0.432. The van der Waals surface area contributed by atoms with Gasteiger partial charge in [0.1, 0.15) is 17.7 Å². The fourth-order valence-electron chi connectivity index (χ4n) is 4.81. The molecule has 3 unspecified atom stereocenters. The van der Waals surface area contributed by atoms with Crippen LogP contribution in [0, 0.1) is 5.92 Å². The first kappa shape index (κ1) is 38.2. The van der Waals surface area contributed by atoms with Crippen LogP contribution in [-0.4, -0.2) is 46.7 Å². The molecule has 1 aliphatic carbocycles. The lowest BCUT2D eigenvalue weighted by atomic mass is 9.96. The normalized spacial score (nSPS) is 18.7. The molecule has 1 heterocycles. The number of aromatic hydroxyl groups is 1. The number of nitrogens with zero attached hydrogens (tertiary/aromatic N) is 1. The van der Waals surface area contributed by atoms with E-state index in [2.05, 4.69) is 5.32 Å². The number of allylic oxidation sites excluding steroid dienone is 6. The number of rotatable bonds is 8. The molecule has 2 amide bonds. The molecule has 242 valence electrons. The van der Waals surface area contributed by atoms with E-state index in [1.54, 1.807) is 36.1 Å². The van der Waals surface area contributed by atoms with Crippen LogP contribution in [0.15, 0.2) is 90.2 Å². The smallest absolute Gasteiger partial charge is 0.322 e. The van der Waals surface area contributed by atoms with Gasteiger partial charge in [-0.25, -0.2) is 9.18 Å². The van der Waals surface area contributed by atoms with E-state index in [4.69, 9.17) is 5.11 Å². The predicted octanol–water partition coefficient (Wildman–Crippen LogP) is 9.07. The largest absolute Gasteiger partial charge is 0.508 e. The molecule has 6 nitrogen and oxygen atoms in total. The van der Waals surface area contributed by atoms with E-state index in [9.17, 15) is 19.4 Å². The summed E-state index contributed by atoms with van der Waals surface area (Å²) in [4.78, 5) is 14.0. The number of phenolic OH excluding ortho intramolecular Hbond substituents is 1. The predicted molar refractivity (Wildman–Crippen MR) is 183 cm³/mol. The molecule has 0 aromatic heterocycles. The van der Waals surface area contributed by atoms with Gasteiger partial charge in [0.05, 0.1) is 6.04 Å². The van der Waals surface area contributed by atoms with Crippen molar-refractivity contribution in [3.63, 3.8) is 0 Å². The van der Waals surface area contributed by atoms with Crippen molar-refractivity contribution in [3.8, 4) is 5.75 Å². The molecular weight excluding hydrogens is 555 g/mol. The number of halogens is 1. The van der Waals surface area contributed by atoms with Crippen molar-refractivity contribution in [2.75, 3.05) is 18.1 Å². The third-order valence-electron chi connectivity index (χ3n) is 7.27. The minimum atomic E-state index is -0.815. The number of nitrogens with one attached hydrogen (secondary N) is 1. The molecule has 44 heavy (non-hydrogen) atoms. The van der Waals surface area contributed by atoms with Crippen LogP contribution in [0.3, 0.4) is 0 Å². The summed E-state index contributed by atoms with van der Waals surface area (Å²) in [5.74, 6) is 0.555. The minimum absolute atomic E-state index is 0.0691. The van der Waals surface area contributed by atoms with Gasteiger partial charge < -0.3 is 20.6 Å². The van der Waals surface area contributed by atoms with Gasteiger partial charge >= 0.3 is 6.03 Å². The number of carbonyl (C=O) groups is 1. The number of hydrogen-bond acceptors (Lipinski definition) is 4. The number of hydrogen-bond donors (Lipinski definition) is 4. The van der Waals surface area contributed by atoms with E-state index in [0.717, 1.165) is 40.8 Å². The average Bonchev–Trinajstić information content (AvgIpc) is 3.28. The number of aliphatic hydroxyl groups excluding tert-OH is 2. The number of phenols is 1. The monoisotopic (exact) mass is 608 g/mol. The quantitative estimate of drug-likeness (QED) is 0.178. The van der Waals surface area contributed by atoms with Crippen LogP contribution in [0.1, 0.15) is 78.9 Å². The molecule has 0 spiro atoms. The molecule has 1 aliphatic heterocycles. The number of urea groups is 1. The Balaban J connectivity index is 0.000000478. The van der Waals surface area contributed by atoms with E-state index in [0.29, 0.717) is 19.4 Å². The van der Waals surface area contributed by atoms with E-state index in [-0.39, 0.29) is 36.1 Å². The number of alkyl halides is 1. The number of para-hydroxylation sites is 1. The van der Waals surface area contributed by atoms with E-state index >= 15 is 0 Å². The Hall–Kier alpha value is -3.84. The molecule has 7 heteroatoms.